The van der Waals surface area contributed by atoms with Crippen molar-refractivity contribution in [2.24, 2.45) is 5.92 Å². The molecule has 1 aliphatic rings. The lowest BCUT2D eigenvalue weighted by molar-refractivity contribution is -0.126. The highest BCUT2D eigenvalue weighted by Gasteiger charge is 2.34. The molecule has 0 aliphatic carbocycles. The minimum Gasteiger partial charge on any atom is -0.354 e. The zero-order valence-corrected chi connectivity index (χ0v) is 17.4. The Kier molecular flexibility index (Phi) is 5.75. The second kappa shape index (κ2) is 8.46. The zero-order chi connectivity index (χ0) is 21.1. The van der Waals surface area contributed by atoms with Crippen LogP contribution in [0.3, 0.4) is 0 Å². The van der Waals surface area contributed by atoms with Gasteiger partial charge in [0.1, 0.15) is 15.9 Å². The number of hydrogen-bond acceptors (Lipinski definition) is 7. The van der Waals surface area contributed by atoms with Gasteiger partial charge in [-0.1, -0.05) is 24.3 Å². The lowest BCUT2D eigenvalue weighted by atomic mass is 10.1. The van der Waals surface area contributed by atoms with Crippen molar-refractivity contribution in [1.29, 1.82) is 0 Å². The molecule has 2 amide bonds. The molecule has 0 bridgehead atoms. The van der Waals surface area contributed by atoms with E-state index in [0.29, 0.717) is 17.6 Å². The van der Waals surface area contributed by atoms with Crippen LogP contribution in [0.15, 0.2) is 53.4 Å². The Morgan fingerprint density at radius 2 is 1.90 bits per heavy atom. The maximum atomic E-state index is 12.5. The van der Waals surface area contributed by atoms with Crippen LogP contribution in [0.4, 0.5) is 5.69 Å². The number of aromatic nitrogens is 2. The molecule has 1 atom stereocenters. The quantitative estimate of drug-likeness (QED) is 0.526. The van der Waals surface area contributed by atoms with Gasteiger partial charge in [-0.25, -0.2) is 13.1 Å². The van der Waals surface area contributed by atoms with E-state index in [4.69, 9.17) is 0 Å². The van der Waals surface area contributed by atoms with Crippen molar-refractivity contribution in [3.8, 4) is 0 Å². The van der Waals surface area contributed by atoms with Crippen molar-refractivity contribution in [3.63, 3.8) is 0 Å². The van der Waals surface area contributed by atoms with Crippen LogP contribution in [0.2, 0.25) is 0 Å². The van der Waals surface area contributed by atoms with Gasteiger partial charge in [0, 0.05) is 31.7 Å². The minimum atomic E-state index is -3.79. The Morgan fingerprint density at radius 3 is 2.70 bits per heavy atom. The molecule has 1 aliphatic heterocycles. The summed E-state index contributed by atoms with van der Waals surface area (Å²) >= 11 is 0.947. The van der Waals surface area contributed by atoms with E-state index in [1.807, 2.05) is 30.3 Å². The first kappa shape index (κ1) is 20.4. The summed E-state index contributed by atoms with van der Waals surface area (Å²) in [7, 11) is -3.79. The molecule has 4 rings (SSSR count). The van der Waals surface area contributed by atoms with Crippen LogP contribution >= 0.6 is 11.7 Å². The average Bonchev–Trinajstić information content (AvgIpc) is 3.38. The van der Waals surface area contributed by atoms with E-state index < -0.39 is 15.9 Å². The molecule has 30 heavy (non-hydrogen) atoms. The molecule has 2 aromatic carbocycles. The predicted octanol–water partition coefficient (Wildman–Crippen LogP) is 1.14. The van der Waals surface area contributed by atoms with Crippen molar-refractivity contribution in [1.82, 2.24) is 18.8 Å². The third kappa shape index (κ3) is 4.18. The number of rotatable bonds is 7. The molecular formula is C19H19N5O4S2. The monoisotopic (exact) mass is 445 g/mol. The van der Waals surface area contributed by atoms with Crippen molar-refractivity contribution in [2.45, 2.75) is 11.3 Å². The fourth-order valence-corrected chi connectivity index (χ4v) is 5.13. The second-order valence-electron chi connectivity index (χ2n) is 6.82. The first-order valence-electron chi connectivity index (χ1n) is 9.30. The van der Waals surface area contributed by atoms with Crippen LogP contribution in [0.5, 0.6) is 0 Å². The third-order valence-corrected chi connectivity index (χ3v) is 6.85. The summed E-state index contributed by atoms with van der Waals surface area (Å²) in [5.41, 5.74) is 1.60. The Bertz CT molecular complexity index is 1180. The second-order valence-corrected chi connectivity index (χ2v) is 9.08. The third-order valence-electron chi connectivity index (χ3n) is 4.82. The normalized spacial score (nSPS) is 16.9. The Balaban J connectivity index is 1.30. The molecule has 11 heteroatoms. The highest BCUT2D eigenvalue weighted by molar-refractivity contribution is 7.89. The smallest absolute Gasteiger partial charge is 0.242 e. The van der Waals surface area contributed by atoms with Crippen LogP contribution in [-0.2, 0) is 19.6 Å². The first-order chi connectivity index (χ1) is 14.5. The molecule has 2 N–H and O–H groups in total. The number of nitrogens with zero attached hydrogens (tertiary/aromatic N) is 3. The van der Waals surface area contributed by atoms with E-state index in [1.165, 1.54) is 6.07 Å². The van der Waals surface area contributed by atoms with Crippen LogP contribution in [0.1, 0.15) is 6.42 Å². The van der Waals surface area contributed by atoms with Crippen molar-refractivity contribution >= 4 is 50.3 Å². The van der Waals surface area contributed by atoms with Crippen molar-refractivity contribution in [2.75, 3.05) is 24.5 Å². The maximum absolute atomic E-state index is 12.5. The summed E-state index contributed by atoms with van der Waals surface area (Å²) in [5.74, 6) is -0.844. The van der Waals surface area contributed by atoms with Gasteiger partial charge in [0.15, 0.2) is 0 Å². The molecule has 1 unspecified atom stereocenters. The Morgan fingerprint density at radius 1 is 1.10 bits per heavy atom. The topological polar surface area (TPSA) is 121 Å². The number of carbonyl (C=O) groups is 2. The molecule has 156 valence electrons. The summed E-state index contributed by atoms with van der Waals surface area (Å²) in [6.07, 6.45) is 0.130. The Labute approximate surface area is 177 Å². The van der Waals surface area contributed by atoms with Crippen LogP contribution in [0, 0.1) is 5.92 Å². The minimum absolute atomic E-state index is 0.0189. The summed E-state index contributed by atoms with van der Waals surface area (Å²) < 4.78 is 35.6. The number of anilines is 1. The van der Waals surface area contributed by atoms with Gasteiger partial charge in [0.2, 0.25) is 21.8 Å². The number of hydrogen-bond donors (Lipinski definition) is 2. The Hall–Kier alpha value is -2.89. The van der Waals surface area contributed by atoms with Gasteiger partial charge in [-0.15, -0.1) is 0 Å². The van der Waals surface area contributed by atoms with E-state index in [2.05, 4.69) is 18.8 Å². The molecule has 9 nitrogen and oxygen atoms in total. The molecule has 1 aromatic heterocycles. The highest BCUT2D eigenvalue weighted by Crippen LogP contribution is 2.25. The number of carbonyl (C=O) groups excluding carboxylic acids is 2. The predicted molar refractivity (Wildman–Crippen MR) is 113 cm³/mol. The zero-order valence-electron chi connectivity index (χ0n) is 15.8. The standard InChI is InChI=1S/C19H19N5O4S2/c25-17-11-13(12-24(17)14-5-2-1-3-6-14)19(26)20-9-10-21-30(27,28)16-8-4-7-15-18(16)23-29-22-15/h1-8,13,21H,9-12H2,(H,20,26). The number of nitrogens with one attached hydrogen (secondary N) is 2. The van der Waals surface area contributed by atoms with E-state index >= 15 is 0 Å². The fourth-order valence-electron chi connectivity index (χ4n) is 3.33. The molecule has 3 aromatic rings. The van der Waals surface area contributed by atoms with Crippen LogP contribution < -0.4 is 14.9 Å². The highest BCUT2D eigenvalue weighted by atomic mass is 32.2. The molecule has 0 radical (unpaired) electrons. The number of amides is 2. The first-order valence-corrected chi connectivity index (χ1v) is 11.5. The van der Waals surface area contributed by atoms with Gasteiger partial charge in [0.05, 0.1) is 17.6 Å². The van der Waals surface area contributed by atoms with Gasteiger partial charge in [-0.2, -0.15) is 8.75 Å². The molecule has 2 heterocycles. The number of para-hydroxylation sites is 1. The van der Waals surface area contributed by atoms with Crippen molar-refractivity contribution in [3.05, 3.63) is 48.5 Å². The average molecular weight is 446 g/mol. The van der Waals surface area contributed by atoms with E-state index in [-0.39, 0.29) is 36.2 Å². The van der Waals surface area contributed by atoms with Crippen molar-refractivity contribution < 1.29 is 18.0 Å². The van der Waals surface area contributed by atoms with E-state index in [1.54, 1.807) is 17.0 Å². The lowest BCUT2D eigenvalue weighted by Crippen LogP contribution is -2.38. The fraction of sp³-hybridized carbons (Fsp3) is 0.263. The van der Waals surface area contributed by atoms with Gasteiger partial charge in [-0.05, 0) is 24.3 Å². The van der Waals surface area contributed by atoms with Gasteiger partial charge in [0.25, 0.3) is 0 Å². The van der Waals surface area contributed by atoms with Gasteiger partial charge < -0.3 is 10.2 Å². The molecular weight excluding hydrogens is 426 g/mol. The number of sulfonamides is 1. The summed E-state index contributed by atoms with van der Waals surface area (Å²) in [6, 6.07) is 14.0. The van der Waals surface area contributed by atoms with Crippen LogP contribution in [-0.4, -0.2) is 48.6 Å². The largest absolute Gasteiger partial charge is 0.354 e. The van der Waals surface area contributed by atoms with Gasteiger partial charge in [-0.3, -0.25) is 9.59 Å². The summed E-state index contributed by atoms with van der Waals surface area (Å²) in [5, 5.41) is 2.70. The van der Waals surface area contributed by atoms with Gasteiger partial charge >= 0.3 is 0 Å². The molecule has 1 saturated heterocycles. The van der Waals surface area contributed by atoms with Crippen LogP contribution in [0.25, 0.3) is 11.0 Å². The van der Waals surface area contributed by atoms with E-state index in [0.717, 1.165) is 17.4 Å². The lowest BCUT2D eigenvalue weighted by Gasteiger charge is -2.16. The molecule has 0 spiro atoms. The molecule has 0 saturated carbocycles. The maximum Gasteiger partial charge on any atom is 0.242 e. The summed E-state index contributed by atoms with van der Waals surface area (Å²) in [4.78, 5) is 26.3. The van der Waals surface area contributed by atoms with E-state index in [9.17, 15) is 18.0 Å². The number of benzene rings is 2. The summed E-state index contributed by atoms with van der Waals surface area (Å²) in [6.45, 7) is 0.434. The number of fused-ring (bicyclic) bond motifs is 1. The molecule has 1 fully saturated rings. The SMILES string of the molecule is O=C(NCCNS(=O)(=O)c1cccc2nsnc12)C1CC(=O)N(c2ccccc2)C1.